The van der Waals surface area contributed by atoms with E-state index < -0.39 is 6.43 Å². The van der Waals surface area contributed by atoms with Crippen molar-refractivity contribution in [3.63, 3.8) is 0 Å². The number of rotatable bonds is 4. The van der Waals surface area contributed by atoms with Crippen LogP contribution in [0.5, 0.6) is 17.4 Å². The van der Waals surface area contributed by atoms with Gasteiger partial charge in [0.15, 0.2) is 0 Å². The number of alkyl halides is 2. The monoisotopic (exact) mass is 266 g/mol. The Hall–Kier alpha value is -2.37. The normalized spacial score (nSPS) is 10.5. The lowest BCUT2D eigenvalue weighted by Gasteiger charge is -2.08. The zero-order valence-corrected chi connectivity index (χ0v) is 10.1. The molecule has 0 spiro atoms. The minimum absolute atomic E-state index is 0.151. The van der Waals surface area contributed by atoms with E-state index in [1.54, 1.807) is 18.2 Å². The minimum atomic E-state index is -2.54. The number of halogens is 2. The van der Waals surface area contributed by atoms with Crippen LogP contribution in [0.25, 0.3) is 0 Å². The van der Waals surface area contributed by atoms with Crippen LogP contribution in [0.4, 0.5) is 14.5 Å². The zero-order valence-electron chi connectivity index (χ0n) is 10.1. The number of aromatic nitrogens is 1. The van der Waals surface area contributed by atoms with E-state index in [4.69, 9.17) is 15.2 Å². The molecule has 1 aromatic carbocycles. The summed E-state index contributed by atoms with van der Waals surface area (Å²) < 4.78 is 35.1. The standard InChI is InChI=1S/C13H12F2N2O2/c1-18-11-4-3-9(6-10(11)16)19-12-5-2-8(7-17-12)13(14)15/h2-7,13H,16H2,1H3. The lowest BCUT2D eigenvalue weighted by atomic mass is 10.3. The Bertz CT molecular complexity index is 559. The van der Waals surface area contributed by atoms with Crippen molar-refractivity contribution in [1.82, 2.24) is 4.98 Å². The number of hydrogen-bond acceptors (Lipinski definition) is 4. The van der Waals surface area contributed by atoms with Crippen LogP contribution in [0.15, 0.2) is 36.5 Å². The second-order valence-electron chi connectivity index (χ2n) is 3.74. The molecule has 1 aromatic heterocycles. The Kier molecular flexibility index (Phi) is 3.79. The van der Waals surface area contributed by atoms with E-state index in [1.165, 1.54) is 19.2 Å². The van der Waals surface area contributed by atoms with Crippen LogP contribution in [-0.4, -0.2) is 12.1 Å². The average Bonchev–Trinajstić information content (AvgIpc) is 2.39. The van der Waals surface area contributed by atoms with E-state index in [0.29, 0.717) is 17.2 Å². The highest BCUT2D eigenvalue weighted by Gasteiger charge is 2.08. The van der Waals surface area contributed by atoms with Gasteiger partial charge in [-0.1, -0.05) is 0 Å². The molecule has 2 rings (SSSR count). The first-order chi connectivity index (χ1) is 9.10. The van der Waals surface area contributed by atoms with Gasteiger partial charge in [-0.05, 0) is 18.2 Å². The lowest BCUT2D eigenvalue weighted by Crippen LogP contribution is -1.94. The fourth-order valence-corrected chi connectivity index (χ4v) is 1.48. The highest BCUT2D eigenvalue weighted by molar-refractivity contribution is 5.56. The maximum absolute atomic E-state index is 12.4. The molecule has 2 N–H and O–H groups in total. The van der Waals surface area contributed by atoms with Crippen molar-refractivity contribution in [3.8, 4) is 17.4 Å². The molecule has 6 heteroatoms. The maximum atomic E-state index is 12.4. The molecular weight excluding hydrogens is 254 g/mol. The zero-order chi connectivity index (χ0) is 13.8. The molecule has 2 aromatic rings. The van der Waals surface area contributed by atoms with Crippen LogP contribution in [-0.2, 0) is 0 Å². The Morgan fingerprint density at radius 3 is 2.53 bits per heavy atom. The molecule has 0 aliphatic carbocycles. The van der Waals surface area contributed by atoms with Crippen molar-refractivity contribution in [2.75, 3.05) is 12.8 Å². The predicted molar refractivity (Wildman–Crippen MR) is 66.7 cm³/mol. The Labute approximate surface area is 108 Å². The number of methoxy groups -OCH3 is 1. The van der Waals surface area contributed by atoms with E-state index in [0.717, 1.165) is 6.20 Å². The molecule has 0 unspecified atom stereocenters. The Morgan fingerprint density at radius 2 is 2.00 bits per heavy atom. The lowest BCUT2D eigenvalue weighted by molar-refractivity contribution is 0.151. The summed E-state index contributed by atoms with van der Waals surface area (Å²) in [5.74, 6) is 1.21. The molecule has 19 heavy (non-hydrogen) atoms. The van der Waals surface area contributed by atoms with E-state index in [1.807, 2.05) is 0 Å². The van der Waals surface area contributed by atoms with Gasteiger partial charge in [-0.25, -0.2) is 13.8 Å². The summed E-state index contributed by atoms with van der Waals surface area (Å²) in [6, 6.07) is 7.51. The van der Waals surface area contributed by atoms with Crippen molar-refractivity contribution < 1.29 is 18.3 Å². The van der Waals surface area contributed by atoms with Gasteiger partial charge in [0.25, 0.3) is 6.43 Å². The van der Waals surface area contributed by atoms with Crippen molar-refractivity contribution in [3.05, 3.63) is 42.1 Å². The van der Waals surface area contributed by atoms with Crippen molar-refractivity contribution in [2.24, 2.45) is 0 Å². The summed E-state index contributed by atoms with van der Waals surface area (Å²) >= 11 is 0. The second kappa shape index (κ2) is 5.51. The molecule has 4 nitrogen and oxygen atoms in total. The van der Waals surface area contributed by atoms with Crippen LogP contribution in [0.2, 0.25) is 0 Å². The van der Waals surface area contributed by atoms with Gasteiger partial charge in [0.2, 0.25) is 5.88 Å². The number of nitrogens with zero attached hydrogens (tertiary/aromatic N) is 1. The number of hydrogen-bond donors (Lipinski definition) is 1. The molecule has 0 saturated carbocycles. The third-order valence-electron chi connectivity index (χ3n) is 2.43. The Morgan fingerprint density at radius 1 is 1.21 bits per heavy atom. The smallest absolute Gasteiger partial charge is 0.265 e. The molecule has 0 saturated heterocycles. The van der Waals surface area contributed by atoms with Gasteiger partial charge in [0.05, 0.1) is 12.8 Å². The fourth-order valence-electron chi connectivity index (χ4n) is 1.48. The first kappa shape index (κ1) is 13.1. The van der Waals surface area contributed by atoms with Gasteiger partial charge in [-0.15, -0.1) is 0 Å². The Balaban J connectivity index is 2.14. The summed E-state index contributed by atoms with van der Waals surface area (Å²) in [6.45, 7) is 0. The first-order valence-corrected chi connectivity index (χ1v) is 5.45. The number of anilines is 1. The average molecular weight is 266 g/mol. The van der Waals surface area contributed by atoms with E-state index in [-0.39, 0.29) is 11.4 Å². The van der Waals surface area contributed by atoms with Crippen LogP contribution in [0.3, 0.4) is 0 Å². The highest BCUT2D eigenvalue weighted by Crippen LogP contribution is 2.29. The van der Waals surface area contributed by atoms with E-state index >= 15 is 0 Å². The van der Waals surface area contributed by atoms with Gasteiger partial charge in [0, 0.05) is 23.9 Å². The third kappa shape index (κ3) is 3.09. The van der Waals surface area contributed by atoms with Gasteiger partial charge < -0.3 is 15.2 Å². The van der Waals surface area contributed by atoms with E-state index in [9.17, 15) is 8.78 Å². The molecule has 1 heterocycles. The highest BCUT2D eigenvalue weighted by atomic mass is 19.3. The van der Waals surface area contributed by atoms with Gasteiger partial charge in [-0.3, -0.25) is 0 Å². The summed E-state index contributed by atoms with van der Waals surface area (Å²) in [6.07, 6.45) is -1.47. The largest absolute Gasteiger partial charge is 0.495 e. The third-order valence-corrected chi connectivity index (χ3v) is 2.43. The molecule has 0 aliphatic heterocycles. The van der Waals surface area contributed by atoms with Gasteiger partial charge in [-0.2, -0.15) is 0 Å². The van der Waals surface area contributed by atoms with Crippen molar-refractivity contribution >= 4 is 5.69 Å². The van der Waals surface area contributed by atoms with Crippen molar-refractivity contribution in [2.45, 2.75) is 6.43 Å². The summed E-state index contributed by atoms with van der Waals surface area (Å²) in [5.41, 5.74) is 5.99. The summed E-state index contributed by atoms with van der Waals surface area (Å²) in [4.78, 5) is 3.79. The topological polar surface area (TPSA) is 57.4 Å². The predicted octanol–water partition coefficient (Wildman–Crippen LogP) is 3.40. The van der Waals surface area contributed by atoms with Gasteiger partial charge in [0.1, 0.15) is 11.5 Å². The van der Waals surface area contributed by atoms with Crippen LogP contribution >= 0.6 is 0 Å². The quantitative estimate of drug-likeness (QED) is 0.862. The SMILES string of the molecule is COc1ccc(Oc2ccc(C(F)F)cn2)cc1N. The molecule has 0 atom stereocenters. The first-order valence-electron chi connectivity index (χ1n) is 5.45. The molecule has 0 amide bonds. The molecule has 100 valence electrons. The van der Waals surface area contributed by atoms with Crippen LogP contribution in [0.1, 0.15) is 12.0 Å². The minimum Gasteiger partial charge on any atom is -0.495 e. The molecular formula is C13H12F2N2O2. The molecule has 0 aliphatic rings. The number of benzene rings is 1. The maximum Gasteiger partial charge on any atom is 0.265 e. The summed E-state index contributed by atoms with van der Waals surface area (Å²) in [5, 5.41) is 0. The molecule has 0 radical (unpaired) electrons. The molecule has 0 bridgehead atoms. The number of nitrogens with two attached hydrogens (primary N) is 1. The second-order valence-corrected chi connectivity index (χ2v) is 3.74. The number of nitrogen functional groups attached to an aromatic ring is 1. The number of ether oxygens (including phenoxy) is 2. The van der Waals surface area contributed by atoms with E-state index in [2.05, 4.69) is 4.98 Å². The van der Waals surface area contributed by atoms with Gasteiger partial charge >= 0.3 is 0 Å². The molecule has 0 fully saturated rings. The summed E-state index contributed by atoms with van der Waals surface area (Å²) in [7, 11) is 1.51. The van der Waals surface area contributed by atoms with Crippen LogP contribution in [0, 0.1) is 0 Å². The fraction of sp³-hybridized carbons (Fsp3) is 0.154. The van der Waals surface area contributed by atoms with Crippen molar-refractivity contribution in [1.29, 1.82) is 0 Å². The van der Waals surface area contributed by atoms with Crippen LogP contribution < -0.4 is 15.2 Å². The number of pyridine rings is 1.